The summed E-state index contributed by atoms with van der Waals surface area (Å²) >= 11 is 0. The highest BCUT2D eigenvalue weighted by Gasteiger charge is 2.14. The maximum atomic E-state index is 12.1. The van der Waals surface area contributed by atoms with Crippen molar-refractivity contribution in [1.82, 2.24) is 4.98 Å². The average molecular weight is 252 g/mol. The Hall–Kier alpha value is -2.62. The highest BCUT2D eigenvalue weighted by molar-refractivity contribution is 6.07. The lowest BCUT2D eigenvalue weighted by Crippen LogP contribution is -2.12. The molecule has 0 aliphatic rings. The lowest BCUT2D eigenvalue weighted by atomic mass is 10.2. The van der Waals surface area contributed by atoms with Crippen LogP contribution in [0.25, 0.3) is 10.9 Å². The molecule has 0 radical (unpaired) electrons. The number of amides is 1. The fourth-order valence-electron chi connectivity index (χ4n) is 1.99. The number of benzene rings is 1. The molecule has 4 nitrogen and oxygen atoms in total. The van der Waals surface area contributed by atoms with Crippen LogP contribution in [0.3, 0.4) is 0 Å². The minimum absolute atomic E-state index is 0.263. The van der Waals surface area contributed by atoms with E-state index in [9.17, 15) is 4.79 Å². The van der Waals surface area contributed by atoms with Crippen LogP contribution in [0.2, 0.25) is 0 Å². The molecule has 0 fully saturated rings. The van der Waals surface area contributed by atoms with Crippen molar-refractivity contribution in [2.45, 2.75) is 6.92 Å². The van der Waals surface area contributed by atoms with Gasteiger partial charge in [0.1, 0.15) is 0 Å². The van der Waals surface area contributed by atoms with E-state index in [1.165, 1.54) is 6.26 Å². The van der Waals surface area contributed by atoms with E-state index in [-0.39, 0.29) is 5.91 Å². The van der Waals surface area contributed by atoms with E-state index < -0.39 is 0 Å². The maximum Gasteiger partial charge on any atom is 0.291 e. The molecule has 19 heavy (non-hydrogen) atoms. The molecule has 3 rings (SSSR count). The van der Waals surface area contributed by atoms with Crippen molar-refractivity contribution < 1.29 is 9.21 Å². The summed E-state index contributed by atoms with van der Waals surface area (Å²) in [6, 6.07) is 11.2. The number of rotatable bonds is 2. The van der Waals surface area contributed by atoms with Gasteiger partial charge in [0.25, 0.3) is 5.91 Å². The molecule has 2 heterocycles. The first kappa shape index (κ1) is 11.5. The van der Waals surface area contributed by atoms with Gasteiger partial charge in [0, 0.05) is 17.1 Å². The number of hydrogen-bond donors (Lipinski definition) is 1. The van der Waals surface area contributed by atoms with E-state index in [0.717, 1.165) is 16.5 Å². The van der Waals surface area contributed by atoms with Crippen LogP contribution in [0.15, 0.2) is 53.3 Å². The van der Waals surface area contributed by atoms with Crippen LogP contribution in [0.4, 0.5) is 5.69 Å². The monoisotopic (exact) mass is 252 g/mol. The summed E-state index contributed by atoms with van der Waals surface area (Å²) in [5, 5.41) is 3.82. The molecular formula is C15H12N2O2. The maximum absolute atomic E-state index is 12.1. The van der Waals surface area contributed by atoms with Crippen LogP contribution in [0.1, 0.15) is 16.1 Å². The molecular weight excluding hydrogens is 240 g/mol. The van der Waals surface area contributed by atoms with E-state index in [4.69, 9.17) is 4.42 Å². The van der Waals surface area contributed by atoms with Crippen molar-refractivity contribution >= 4 is 22.5 Å². The Labute approximate surface area is 110 Å². The molecule has 4 heteroatoms. The third-order valence-electron chi connectivity index (χ3n) is 2.95. The number of pyridine rings is 1. The molecule has 0 saturated heterocycles. The van der Waals surface area contributed by atoms with Crippen LogP contribution in [0.5, 0.6) is 0 Å². The molecule has 0 aliphatic carbocycles. The molecule has 0 unspecified atom stereocenters. The van der Waals surface area contributed by atoms with Gasteiger partial charge in [-0.3, -0.25) is 9.78 Å². The number of carbonyl (C=O) groups is 1. The number of hydrogen-bond acceptors (Lipinski definition) is 3. The Balaban J connectivity index is 1.98. The summed E-state index contributed by atoms with van der Waals surface area (Å²) in [7, 11) is 0. The summed E-state index contributed by atoms with van der Waals surface area (Å²) in [6.07, 6.45) is 3.21. The van der Waals surface area contributed by atoms with Gasteiger partial charge >= 0.3 is 0 Å². The van der Waals surface area contributed by atoms with Crippen molar-refractivity contribution in [3.8, 4) is 0 Å². The van der Waals surface area contributed by atoms with E-state index in [1.54, 1.807) is 12.3 Å². The third kappa shape index (κ3) is 2.08. The zero-order valence-electron chi connectivity index (χ0n) is 10.4. The Morgan fingerprint density at radius 1 is 1.21 bits per heavy atom. The zero-order valence-corrected chi connectivity index (χ0v) is 10.4. The fraction of sp³-hybridized carbons (Fsp3) is 0.0667. The molecule has 1 amide bonds. The van der Waals surface area contributed by atoms with Crippen molar-refractivity contribution in [1.29, 1.82) is 0 Å². The molecule has 0 bridgehead atoms. The van der Waals surface area contributed by atoms with Gasteiger partial charge in [0.05, 0.1) is 17.5 Å². The molecule has 0 atom stereocenters. The summed E-state index contributed by atoms with van der Waals surface area (Å²) in [4.78, 5) is 16.4. The lowest BCUT2D eigenvalue weighted by molar-refractivity contribution is 0.0996. The smallest absolute Gasteiger partial charge is 0.291 e. The number of furan rings is 1. The number of fused-ring (bicyclic) bond motifs is 1. The second-order valence-corrected chi connectivity index (χ2v) is 4.27. The fourth-order valence-corrected chi connectivity index (χ4v) is 1.99. The Bertz CT molecular complexity index is 741. The predicted molar refractivity (Wildman–Crippen MR) is 73.1 cm³/mol. The minimum Gasteiger partial charge on any atom is -0.459 e. The van der Waals surface area contributed by atoms with Gasteiger partial charge in [-0.25, -0.2) is 0 Å². The van der Waals surface area contributed by atoms with Crippen molar-refractivity contribution in [2.75, 3.05) is 5.32 Å². The van der Waals surface area contributed by atoms with E-state index in [1.807, 2.05) is 37.3 Å². The van der Waals surface area contributed by atoms with Gasteiger partial charge < -0.3 is 9.73 Å². The first-order valence-electron chi connectivity index (χ1n) is 5.95. The number of nitrogens with one attached hydrogen (secondary N) is 1. The van der Waals surface area contributed by atoms with E-state index in [2.05, 4.69) is 10.3 Å². The van der Waals surface area contributed by atoms with Crippen molar-refractivity contribution in [3.05, 3.63) is 60.2 Å². The van der Waals surface area contributed by atoms with Gasteiger partial charge in [-0.15, -0.1) is 0 Å². The number of para-hydroxylation sites is 1. The van der Waals surface area contributed by atoms with E-state index >= 15 is 0 Å². The first-order chi connectivity index (χ1) is 9.25. The van der Waals surface area contributed by atoms with Crippen LogP contribution >= 0.6 is 0 Å². The summed E-state index contributed by atoms with van der Waals surface area (Å²) < 4.78 is 5.18. The Kier molecular flexibility index (Phi) is 2.76. The second-order valence-electron chi connectivity index (χ2n) is 4.27. The minimum atomic E-state index is -0.263. The van der Waals surface area contributed by atoms with Crippen LogP contribution in [-0.4, -0.2) is 10.9 Å². The summed E-state index contributed by atoms with van der Waals surface area (Å²) in [5.41, 5.74) is 2.26. The highest BCUT2D eigenvalue weighted by Crippen LogP contribution is 2.21. The molecule has 0 saturated carbocycles. The molecule has 1 N–H and O–H groups in total. The molecule has 2 aromatic heterocycles. The average Bonchev–Trinajstić information content (AvgIpc) is 2.85. The van der Waals surface area contributed by atoms with Gasteiger partial charge in [0.15, 0.2) is 5.76 Å². The lowest BCUT2D eigenvalue weighted by Gasteiger charge is -2.06. The van der Waals surface area contributed by atoms with Gasteiger partial charge in [-0.05, 0) is 25.1 Å². The quantitative estimate of drug-likeness (QED) is 0.760. The van der Waals surface area contributed by atoms with Crippen LogP contribution < -0.4 is 5.32 Å². The normalized spacial score (nSPS) is 10.6. The van der Waals surface area contributed by atoms with Crippen LogP contribution in [-0.2, 0) is 0 Å². The Morgan fingerprint density at radius 3 is 2.84 bits per heavy atom. The Morgan fingerprint density at radius 2 is 2.05 bits per heavy atom. The molecule has 3 aromatic rings. The molecule has 1 aromatic carbocycles. The highest BCUT2D eigenvalue weighted by atomic mass is 16.3. The first-order valence-corrected chi connectivity index (χ1v) is 5.95. The number of aromatic nitrogens is 1. The van der Waals surface area contributed by atoms with Crippen molar-refractivity contribution in [2.24, 2.45) is 0 Å². The number of anilines is 1. The van der Waals surface area contributed by atoms with Gasteiger partial charge in [-0.1, -0.05) is 18.2 Å². The van der Waals surface area contributed by atoms with Gasteiger partial charge in [0.2, 0.25) is 0 Å². The summed E-state index contributed by atoms with van der Waals surface area (Å²) in [5.74, 6) is 0.0635. The number of nitrogens with zero attached hydrogens (tertiary/aromatic N) is 1. The predicted octanol–water partition coefficient (Wildman–Crippen LogP) is 3.39. The zero-order chi connectivity index (χ0) is 13.2. The standard InChI is InChI=1S/C15H12N2O2/c1-10-7-9-19-14(10)15(18)17-12-6-2-4-11-5-3-8-16-13(11)12/h2-9H,1H3,(H,17,18). The van der Waals surface area contributed by atoms with Gasteiger partial charge in [-0.2, -0.15) is 0 Å². The van der Waals surface area contributed by atoms with Crippen LogP contribution in [0, 0.1) is 6.92 Å². The molecule has 94 valence electrons. The van der Waals surface area contributed by atoms with Crippen molar-refractivity contribution in [3.63, 3.8) is 0 Å². The second kappa shape index (κ2) is 4.57. The topological polar surface area (TPSA) is 55.1 Å². The largest absolute Gasteiger partial charge is 0.459 e. The third-order valence-corrected chi connectivity index (χ3v) is 2.95. The molecule has 0 spiro atoms. The SMILES string of the molecule is Cc1ccoc1C(=O)Nc1cccc2cccnc12. The number of carbonyl (C=O) groups excluding carboxylic acids is 1. The number of aryl methyl sites for hydroxylation is 1. The summed E-state index contributed by atoms with van der Waals surface area (Å²) in [6.45, 7) is 1.83. The molecule has 0 aliphatic heterocycles. The van der Waals surface area contributed by atoms with E-state index in [0.29, 0.717) is 11.4 Å².